The van der Waals surface area contributed by atoms with E-state index in [4.69, 9.17) is 10.5 Å². The maximum Gasteiger partial charge on any atom is 0.0724 e. The van der Waals surface area contributed by atoms with Crippen LogP contribution in [0.3, 0.4) is 0 Å². The van der Waals surface area contributed by atoms with Crippen molar-refractivity contribution in [3.05, 3.63) is 35.4 Å². The minimum Gasteiger partial charge on any atom is -0.370 e. The van der Waals surface area contributed by atoms with Gasteiger partial charge < -0.3 is 10.5 Å². The molecule has 20 heavy (non-hydrogen) atoms. The average molecular weight is 271 g/mol. The lowest BCUT2D eigenvalue weighted by molar-refractivity contribution is -0.168. The van der Waals surface area contributed by atoms with Gasteiger partial charge in [0.1, 0.15) is 0 Å². The molecule has 5 rings (SSSR count). The molecule has 4 aliphatic rings. The van der Waals surface area contributed by atoms with Gasteiger partial charge in [0, 0.05) is 6.54 Å². The third-order valence-corrected chi connectivity index (χ3v) is 5.79. The molecule has 4 fully saturated rings. The second-order valence-electron chi connectivity index (χ2n) is 7.41. The van der Waals surface area contributed by atoms with Crippen LogP contribution in [0.15, 0.2) is 24.3 Å². The van der Waals surface area contributed by atoms with Crippen molar-refractivity contribution in [3.63, 3.8) is 0 Å². The standard InChI is InChI=1S/C18H25NO/c19-11-13-1-3-14(4-2-13)12-20-18-8-15-5-16(9-18)7-17(6-15)10-18/h1-4,15-17H,5-12,19H2. The van der Waals surface area contributed by atoms with E-state index in [1.165, 1.54) is 49.7 Å². The van der Waals surface area contributed by atoms with Crippen LogP contribution in [0.5, 0.6) is 0 Å². The molecule has 2 N–H and O–H groups in total. The smallest absolute Gasteiger partial charge is 0.0724 e. The van der Waals surface area contributed by atoms with E-state index in [0.29, 0.717) is 6.54 Å². The molecule has 0 aromatic heterocycles. The highest BCUT2D eigenvalue weighted by Gasteiger charge is 2.51. The van der Waals surface area contributed by atoms with Crippen LogP contribution in [0.4, 0.5) is 0 Å². The summed E-state index contributed by atoms with van der Waals surface area (Å²) in [5.74, 6) is 2.88. The molecule has 0 saturated heterocycles. The van der Waals surface area contributed by atoms with E-state index in [1.54, 1.807) is 0 Å². The zero-order valence-corrected chi connectivity index (χ0v) is 12.2. The molecule has 1 aromatic rings. The second kappa shape index (κ2) is 4.85. The Hall–Kier alpha value is -0.860. The Labute approximate surface area is 121 Å². The van der Waals surface area contributed by atoms with Crippen LogP contribution in [-0.4, -0.2) is 5.60 Å². The van der Waals surface area contributed by atoms with Gasteiger partial charge in [0.15, 0.2) is 0 Å². The summed E-state index contributed by atoms with van der Waals surface area (Å²) in [6, 6.07) is 8.59. The number of ether oxygens (including phenoxy) is 1. The van der Waals surface area contributed by atoms with Gasteiger partial charge in [0.05, 0.1) is 12.2 Å². The number of benzene rings is 1. The van der Waals surface area contributed by atoms with Crippen molar-refractivity contribution in [2.75, 3.05) is 0 Å². The Balaban J connectivity index is 1.43. The highest BCUT2D eigenvalue weighted by atomic mass is 16.5. The zero-order valence-electron chi connectivity index (χ0n) is 12.2. The van der Waals surface area contributed by atoms with E-state index in [1.807, 2.05) is 0 Å². The van der Waals surface area contributed by atoms with Gasteiger partial charge in [-0.25, -0.2) is 0 Å². The van der Waals surface area contributed by atoms with Gasteiger partial charge in [-0.2, -0.15) is 0 Å². The van der Waals surface area contributed by atoms with Crippen molar-refractivity contribution in [1.82, 2.24) is 0 Å². The normalized spacial score (nSPS) is 38.4. The second-order valence-corrected chi connectivity index (χ2v) is 7.41. The number of hydrogen-bond acceptors (Lipinski definition) is 2. The van der Waals surface area contributed by atoms with E-state index in [-0.39, 0.29) is 5.60 Å². The molecule has 0 radical (unpaired) electrons. The zero-order chi connectivity index (χ0) is 13.6. The van der Waals surface area contributed by atoms with Crippen molar-refractivity contribution in [3.8, 4) is 0 Å². The maximum atomic E-state index is 6.47. The van der Waals surface area contributed by atoms with E-state index >= 15 is 0 Å². The minimum absolute atomic E-state index is 0.224. The lowest BCUT2D eigenvalue weighted by Crippen LogP contribution is -2.51. The Morgan fingerprint density at radius 1 is 0.900 bits per heavy atom. The van der Waals surface area contributed by atoms with E-state index < -0.39 is 0 Å². The first-order chi connectivity index (χ1) is 9.75. The van der Waals surface area contributed by atoms with Crippen molar-refractivity contribution < 1.29 is 4.74 Å². The molecule has 4 saturated carbocycles. The number of rotatable bonds is 4. The SMILES string of the molecule is NCc1ccc(COC23CC4CC(CC(C4)C2)C3)cc1. The first-order valence-corrected chi connectivity index (χ1v) is 8.16. The fraction of sp³-hybridized carbons (Fsp3) is 0.667. The summed E-state index contributed by atoms with van der Waals surface area (Å²) < 4.78 is 6.47. The predicted molar refractivity (Wildman–Crippen MR) is 80.0 cm³/mol. The summed E-state index contributed by atoms with van der Waals surface area (Å²) in [6.45, 7) is 1.40. The largest absolute Gasteiger partial charge is 0.370 e. The molecule has 0 amide bonds. The van der Waals surface area contributed by atoms with Crippen molar-refractivity contribution in [2.45, 2.75) is 57.3 Å². The molecular weight excluding hydrogens is 246 g/mol. The van der Waals surface area contributed by atoms with Crippen LogP contribution in [-0.2, 0) is 17.9 Å². The summed E-state index contributed by atoms with van der Waals surface area (Å²) in [7, 11) is 0. The van der Waals surface area contributed by atoms with Crippen LogP contribution in [0.1, 0.15) is 49.7 Å². The topological polar surface area (TPSA) is 35.2 Å². The molecule has 4 bridgehead atoms. The third kappa shape index (κ3) is 2.29. The molecule has 0 aliphatic heterocycles. The lowest BCUT2D eigenvalue weighted by atomic mass is 9.54. The molecule has 0 heterocycles. The predicted octanol–water partition coefficient (Wildman–Crippen LogP) is 3.63. The van der Waals surface area contributed by atoms with Crippen LogP contribution in [0, 0.1) is 17.8 Å². The van der Waals surface area contributed by atoms with Crippen molar-refractivity contribution in [1.29, 1.82) is 0 Å². The maximum absolute atomic E-state index is 6.47. The first-order valence-electron chi connectivity index (χ1n) is 8.16. The van der Waals surface area contributed by atoms with Gasteiger partial charge in [0.2, 0.25) is 0 Å². The first kappa shape index (κ1) is 12.8. The molecule has 0 spiro atoms. The van der Waals surface area contributed by atoms with Crippen LogP contribution in [0.2, 0.25) is 0 Å². The summed E-state index contributed by atoms with van der Waals surface area (Å²) >= 11 is 0. The van der Waals surface area contributed by atoms with Gasteiger partial charge in [-0.05, 0) is 67.4 Å². The van der Waals surface area contributed by atoms with E-state index in [0.717, 1.165) is 24.4 Å². The summed E-state index contributed by atoms with van der Waals surface area (Å²) in [6.07, 6.45) is 8.40. The third-order valence-electron chi connectivity index (χ3n) is 5.79. The number of hydrogen-bond donors (Lipinski definition) is 1. The Morgan fingerprint density at radius 2 is 1.40 bits per heavy atom. The van der Waals surface area contributed by atoms with Gasteiger partial charge in [-0.15, -0.1) is 0 Å². The van der Waals surface area contributed by atoms with Crippen molar-refractivity contribution in [2.24, 2.45) is 23.5 Å². The Bertz CT molecular complexity index is 443. The molecular formula is C18H25NO. The van der Waals surface area contributed by atoms with Gasteiger partial charge in [-0.3, -0.25) is 0 Å². The lowest BCUT2D eigenvalue weighted by Gasteiger charge is -2.56. The molecule has 0 unspecified atom stereocenters. The monoisotopic (exact) mass is 271 g/mol. The van der Waals surface area contributed by atoms with Crippen molar-refractivity contribution >= 4 is 0 Å². The Morgan fingerprint density at radius 3 is 1.90 bits per heavy atom. The average Bonchev–Trinajstić information content (AvgIpc) is 2.44. The van der Waals surface area contributed by atoms with Gasteiger partial charge in [0.25, 0.3) is 0 Å². The quantitative estimate of drug-likeness (QED) is 0.907. The minimum atomic E-state index is 0.224. The van der Waals surface area contributed by atoms with Crippen LogP contribution < -0.4 is 5.73 Å². The van der Waals surface area contributed by atoms with Gasteiger partial charge in [-0.1, -0.05) is 24.3 Å². The molecule has 1 aromatic carbocycles. The molecule has 2 nitrogen and oxygen atoms in total. The number of nitrogens with two attached hydrogens (primary N) is 1. The molecule has 108 valence electrons. The van der Waals surface area contributed by atoms with Crippen LogP contribution >= 0.6 is 0 Å². The Kier molecular flexibility index (Phi) is 3.12. The summed E-state index contributed by atoms with van der Waals surface area (Å²) in [5.41, 5.74) is 8.36. The highest BCUT2D eigenvalue weighted by molar-refractivity contribution is 5.22. The van der Waals surface area contributed by atoms with Gasteiger partial charge >= 0.3 is 0 Å². The summed E-state index contributed by atoms with van der Waals surface area (Å²) in [5, 5.41) is 0. The van der Waals surface area contributed by atoms with E-state index in [9.17, 15) is 0 Å². The molecule has 0 atom stereocenters. The molecule has 2 heteroatoms. The molecule has 4 aliphatic carbocycles. The fourth-order valence-corrected chi connectivity index (χ4v) is 5.22. The highest BCUT2D eigenvalue weighted by Crippen LogP contribution is 2.57. The van der Waals surface area contributed by atoms with Crippen LogP contribution in [0.25, 0.3) is 0 Å². The van der Waals surface area contributed by atoms with E-state index in [2.05, 4.69) is 24.3 Å². The summed E-state index contributed by atoms with van der Waals surface area (Å²) in [4.78, 5) is 0. The fourth-order valence-electron chi connectivity index (χ4n) is 5.22.